The smallest absolute Gasteiger partial charge is 0.0549 e. The Labute approximate surface area is 114 Å². The SMILES string of the molecule is CC(Nc1ccc(Cl)c(Br)c1)c1cccnc1. The van der Waals surface area contributed by atoms with E-state index < -0.39 is 0 Å². The fourth-order valence-corrected chi connectivity index (χ4v) is 2.05. The Kier molecular flexibility index (Phi) is 4.02. The first-order valence-corrected chi connectivity index (χ1v) is 6.45. The Morgan fingerprint density at radius 3 is 2.82 bits per heavy atom. The van der Waals surface area contributed by atoms with Crippen LogP contribution < -0.4 is 5.32 Å². The summed E-state index contributed by atoms with van der Waals surface area (Å²) in [5.74, 6) is 0. The molecule has 1 aromatic heterocycles. The van der Waals surface area contributed by atoms with Crippen molar-refractivity contribution in [2.75, 3.05) is 5.32 Å². The number of nitrogens with one attached hydrogen (secondary N) is 1. The van der Waals surface area contributed by atoms with Crippen LogP contribution in [0.1, 0.15) is 18.5 Å². The highest BCUT2D eigenvalue weighted by molar-refractivity contribution is 9.10. The lowest BCUT2D eigenvalue weighted by atomic mass is 10.1. The number of hydrogen-bond acceptors (Lipinski definition) is 2. The van der Waals surface area contributed by atoms with Gasteiger partial charge in [-0.05, 0) is 52.7 Å². The van der Waals surface area contributed by atoms with Crippen LogP contribution in [0.25, 0.3) is 0 Å². The summed E-state index contributed by atoms with van der Waals surface area (Å²) in [4.78, 5) is 4.11. The molecule has 4 heteroatoms. The Hall–Kier alpha value is -1.06. The number of hydrogen-bond donors (Lipinski definition) is 1. The summed E-state index contributed by atoms with van der Waals surface area (Å²) < 4.78 is 0.891. The molecule has 2 aromatic rings. The standard InChI is InChI=1S/C13H12BrClN2/c1-9(10-3-2-6-16-8-10)17-11-4-5-13(15)12(14)7-11/h2-9,17H,1H3. The Balaban J connectivity index is 2.13. The lowest BCUT2D eigenvalue weighted by molar-refractivity contribution is 0.875. The maximum absolute atomic E-state index is 5.95. The maximum atomic E-state index is 5.95. The minimum Gasteiger partial charge on any atom is -0.378 e. The van der Waals surface area contributed by atoms with E-state index in [9.17, 15) is 0 Å². The van der Waals surface area contributed by atoms with Crippen molar-refractivity contribution in [3.8, 4) is 0 Å². The largest absolute Gasteiger partial charge is 0.378 e. The second-order valence-electron chi connectivity index (χ2n) is 3.78. The molecule has 17 heavy (non-hydrogen) atoms. The first-order chi connectivity index (χ1) is 8.16. The lowest BCUT2D eigenvalue weighted by Gasteiger charge is -2.15. The number of nitrogens with zero attached hydrogens (tertiary/aromatic N) is 1. The molecule has 0 spiro atoms. The number of benzene rings is 1. The Bertz CT molecular complexity index is 502. The molecule has 1 N–H and O–H groups in total. The number of anilines is 1. The fraction of sp³-hybridized carbons (Fsp3) is 0.154. The molecular formula is C13H12BrClN2. The minimum atomic E-state index is 0.205. The molecule has 0 aliphatic carbocycles. The monoisotopic (exact) mass is 310 g/mol. The van der Waals surface area contributed by atoms with Crippen molar-refractivity contribution in [1.29, 1.82) is 0 Å². The number of halogens is 2. The number of aromatic nitrogens is 1. The van der Waals surface area contributed by atoms with Gasteiger partial charge in [0.05, 0.1) is 11.1 Å². The zero-order valence-electron chi connectivity index (χ0n) is 9.32. The summed E-state index contributed by atoms with van der Waals surface area (Å²) in [6.45, 7) is 2.10. The van der Waals surface area contributed by atoms with Gasteiger partial charge in [-0.15, -0.1) is 0 Å². The van der Waals surface area contributed by atoms with E-state index in [4.69, 9.17) is 11.6 Å². The zero-order valence-corrected chi connectivity index (χ0v) is 11.7. The average Bonchev–Trinajstić information content (AvgIpc) is 2.35. The molecule has 88 valence electrons. The van der Waals surface area contributed by atoms with Crippen molar-refractivity contribution < 1.29 is 0 Å². The van der Waals surface area contributed by atoms with Gasteiger partial charge in [0, 0.05) is 22.6 Å². The van der Waals surface area contributed by atoms with Gasteiger partial charge in [0.2, 0.25) is 0 Å². The topological polar surface area (TPSA) is 24.9 Å². The van der Waals surface area contributed by atoms with E-state index in [0.29, 0.717) is 5.02 Å². The maximum Gasteiger partial charge on any atom is 0.0549 e. The molecular weight excluding hydrogens is 300 g/mol. The second kappa shape index (κ2) is 5.52. The number of pyridine rings is 1. The summed E-state index contributed by atoms with van der Waals surface area (Å²) >= 11 is 9.36. The summed E-state index contributed by atoms with van der Waals surface area (Å²) in [7, 11) is 0. The van der Waals surface area contributed by atoms with Crippen LogP contribution >= 0.6 is 27.5 Å². The van der Waals surface area contributed by atoms with Gasteiger partial charge in [-0.25, -0.2) is 0 Å². The molecule has 0 saturated carbocycles. The number of rotatable bonds is 3. The van der Waals surface area contributed by atoms with E-state index in [0.717, 1.165) is 15.7 Å². The molecule has 0 radical (unpaired) electrons. The van der Waals surface area contributed by atoms with Gasteiger partial charge < -0.3 is 5.32 Å². The normalized spacial score (nSPS) is 12.2. The second-order valence-corrected chi connectivity index (χ2v) is 5.04. The molecule has 2 rings (SSSR count). The third-order valence-corrected chi connectivity index (χ3v) is 3.70. The van der Waals surface area contributed by atoms with Gasteiger partial charge in [0.1, 0.15) is 0 Å². The average molecular weight is 312 g/mol. The summed E-state index contributed by atoms with van der Waals surface area (Å²) in [5, 5.41) is 4.11. The molecule has 0 aliphatic rings. The van der Waals surface area contributed by atoms with Crippen molar-refractivity contribution in [2.45, 2.75) is 13.0 Å². The van der Waals surface area contributed by atoms with Crippen LogP contribution in [0.3, 0.4) is 0 Å². The van der Waals surface area contributed by atoms with E-state index in [-0.39, 0.29) is 6.04 Å². The van der Waals surface area contributed by atoms with Crippen LogP contribution in [-0.4, -0.2) is 4.98 Å². The molecule has 1 aromatic carbocycles. The first-order valence-electron chi connectivity index (χ1n) is 5.28. The zero-order chi connectivity index (χ0) is 12.3. The molecule has 0 saturated heterocycles. The molecule has 2 nitrogen and oxygen atoms in total. The molecule has 0 amide bonds. The third kappa shape index (κ3) is 3.20. The van der Waals surface area contributed by atoms with E-state index in [1.165, 1.54) is 0 Å². The predicted molar refractivity (Wildman–Crippen MR) is 75.4 cm³/mol. The fourth-order valence-electron chi connectivity index (χ4n) is 1.55. The predicted octanol–water partition coefficient (Wildman–Crippen LogP) is 4.67. The molecule has 1 unspecified atom stereocenters. The molecule has 1 atom stereocenters. The van der Waals surface area contributed by atoms with E-state index in [2.05, 4.69) is 39.2 Å². The van der Waals surface area contributed by atoms with E-state index in [1.54, 1.807) is 6.20 Å². The Morgan fingerprint density at radius 2 is 2.18 bits per heavy atom. The van der Waals surface area contributed by atoms with Crippen LogP contribution in [0.15, 0.2) is 47.2 Å². The van der Waals surface area contributed by atoms with Crippen LogP contribution in [0.2, 0.25) is 5.02 Å². The summed E-state index contributed by atoms with van der Waals surface area (Å²) in [6, 6.07) is 9.98. The van der Waals surface area contributed by atoms with Crippen molar-refractivity contribution in [3.05, 3.63) is 57.8 Å². The summed E-state index contributed by atoms with van der Waals surface area (Å²) in [6.07, 6.45) is 3.64. The van der Waals surface area contributed by atoms with Gasteiger partial charge in [-0.3, -0.25) is 4.98 Å². The highest BCUT2D eigenvalue weighted by atomic mass is 79.9. The van der Waals surface area contributed by atoms with Crippen molar-refractivity contribution >= 4 is 33.2 Å². The van der Waals surface area contributed by atoms with Crippen LogP contribution in [0, 0.1) is 0 Å². The van der Waals surface area contributed by atoms with Crippen LogP contribution in [0.4, 0.5) is 5.69 Å². The van der Waals surface area contributed by atoms with Crippen molar-refractivity contribution in [3.63, 3.8) is 0 Å². The molecule has 1 heterocycles. The minimum absolute atomic E-state index is 0.205. The quantitative estimate of drug-likeness (QED) is 0.891. The molecule has 0 bridgehead atoms. The van der Waals surface area contributed by atoms with Crippen molar-refractivity contribution in [2.24, 2.45) is 0 Å². The van der Waals surface area contributed by atoms with Crippen molar-refractivity contribution in [1.82, 2.24) is 4.98 Å². The lowest BCUT2D eigenvalue weighted by Crippen LogP contribution is -2.06. The van der Waals surface area contributed by atoms with Gasteiger partial charge in [0.15, 0.2) is 0 Å². The highest BCUT2D eigenvalue weighted by Gasteiger charge is 2.06. The Morgan fingerprint density at radius 1 is 1.35 bits per heavy atom. The summed E-state index contributed by atoms with van der Waals surface area (Å²) in [5.41, 5.74) is 2.18. The van der Waals surface area contributed by atoms with Gasteiger partial charge in [0.25, 0.3) is 0 Å². The van der Waals surface area contributed by atoms with Gasteiger partial charge >= 0.3 is 0 Å². The molecule has 0 fully saturated rings. The highest BCUT2D eigenvalue weighted by Crippen LogP contribution is 2.27. The van der Waals surface area contributed by atoms with Gasteiger partial charge in [-0.1, -0.05) is 17.7 Å². The molecule has 0 aliphatic heterocycles. The van der Waals surface area contributed by atoms with Crippen LogP contribution in [-0.2, 0) is 0 Å². The third-order valence-electron chi connectivity index (χ3n) is 2.49. The van der Waals surface area contributed by atoms with E-state index >= 15 is 0 Å². The van der Waals surface area contributed by atoms with Crippen LogP contribution in [0.5, 0.6) is 0 Å². The van der Waals surface area contributed by atoms with Gasteiger partial charge in [-0.2, -0.15) is 0 Å². The van der Waals surface area contributed by atoms with E-state index in [1.807, 2.05) is 30.5 Å². The first kappa shape index (κ1) is 12.4.